The first kappa shape index (κ1) is 27.3. The number of benzene rings is 4. The van der Waals surface area contributed by atoms with E-state index in [9.17, 15) is 0 Å². The first-order chi connectivity index (χ1) is 20.5. The third-order valence-electron chi connectivity index (χ3n) is 8.88. The molecule has 0 bridgehead atoms. The second-order valence-electron chi connectivity index (χ2n) is 11.4. The van der Waals surface area contributed by atoms with Crippen molar-refractivity contribution < 1.29 is 0 Å². The van der Waals surface area contributed by atoms with Gasteiger partial charge < -0.3 is 9.97 Å². The molecule has 2 atom stereocenters. The highest BCUT2D eigenvalue weighted by molar-refractivity contribution is 6.30. The number of nitrogens with zero attached hydrogens (tertiary/aromatic N) is 2. The summed E-state index contributed by atoms with van der Waals surface area (Å²) in [5.41, 5.74) is 10.0. The largest absolute Gasteiger partial charge is 0.358 e. The molecule has 1 saturated heterocycles. The van der Waals surface area contributed by atoms with Gasteiger partial charge in [-0.2, -0.15) is 0 Å². The average molecular weight is 594 g/mol. The summed E-state index contributed by atoms with van der Waals surface area (Å²) >= 11 is 12.7. The highest BCUT2D eigenvalue weighted by atomic mass is 35.5. The number of para-hydroxylation sites is 2. The van der Waals surface area contributed by atoms with Crippen LogP contribution in [-0.4, -0.2) is 45.9 Å². The Bertz CT molecular complexity index is 1710. The van der Waals surface area contributed by atoms with E-state index in [0.717, 1.165) is 36.2 Å². The minimum absolute atomic E-state index is 0.129. The molecular formula is C36H34Cl2N4. The van der Waals surface area contributed by atoms with E-state index in [0.29, 0.717) is 0 Å². The van der Waals surface area contributed by atoms with Gasteiger partial charge in [-0.1, -0.05) is 83.9 Å². The highest BCUT2D eigenvalue weighted by Gasteiger charge is 2.34. The van der Waals surface area contributed by atoms with Gasteiger partial charge in [-0.3, -0.25) is 9.80 Å². The van der Waals surface area contributed by atoms with E-state index in [1.807, 2.05) is 24.3 Å². The normalized spacial score (nSPS) is 16.3. The van der Waals surface area contributed by atoms with E-state index in [4.69, 9.17) is 23.2 Å². The fourth-order valence-electron chi connectivity index (χ4n) is 6.97. The number of halogens is 2. The van der Waals surface area contributed by atoms with E-state index in [1.54, 1.807) is 0 Å². The molecule has 1 aliphatic heterocycles. The Labute approximate surface area is 256 Å². The standard InChI is InChI=1S/C36H34Cl2N4/c1-23-33(29-7-3-5-9-31(29)39-23)35(25-11-15-27(37)16-12-25)41-19-21-42(22-20-41)36(26-13-17-28(38)18-14-26)34-24(2)40-32-10-6-4-8-30(32)34/h3-18,35-36,39-40H,19-22H2,1-2H3/t35-,36+. The van der Waals surface area contributed by atoms with Gasteiger partial charge in [-0.15, -0.1) is 0 Å². The number of rotatable bonds is 6. The topological polar surface area (TPSA) is 38.1 Å². The van der Waals surface area contributed by atoms with Crippen molar-refractivity contribution >= 4 is 45.0 Å². The lowest BCUT2D eigenvalue weighted by Crippen LogP contribution is -2.49. The minimum Gasteiger partial charge on any atom is -0.358 e. The molecule has 0 saturated carbocycles. The molecule has 0 amide bonds. The van der Waals surface area contributed by atoms with Gasteiger partial charge in [0.1, 0.15) is 0 Å². The average Bonchev–Trinajstić information content (AvgIpc) is 3.51. The number of aromatic nitrogens is 2. The summed E-state index contributed by atoms with van der Waals surface area (Å²) in [6.45, 7) is 8.17. The first-order valence-corrected chi connectivity index (χ1v) is 15.4. The van der Waals surface area contributed by atoms with E-state index in [1.165, 1.54) is 55.4 Å². The lowest BCUT2D eigenvalue weighted by atomic mass is 9.92. The maximum atomic E-state index is 6.34. The van der Waals surface area contributed by atoms with Gasteiger partial charge in [0, 0.05) is 80.5 Å². The van der Waals surface area contributed by atoms with Gasteiger partial charge in [0.15, 0.2) is 0 Å². The van der Waals surface area contributed by atoms with Crippen LogP contribution in [0.3, 0.4) is 0 Å². The van der Waals surface area contributed by atoms with E-state index >= 15 is 0 Å². The first-order valence-electron chi connectivity index (χ1n) is 14.6. The lowest BCUT2D eigenvalue weighted by Gasteiger charge is -2.43. The summed E-state index contributed by atoms with van der Waals surface area (Å²) in [5.74, 6) is 0. The number of hydrogen-bond acceptors (Lipinski definition) is 2. The van der Waals surface area contributed by atoms with Gasteiger partial charge in [0.25, 0.3) is 0 Å². The molecule has 2 N–H and O–H groups in total. The summed E-state index contributed by atoms with van der Waals surface area (Å²) in [6.07, 6.45) is 0. The molecule has 0 spiro atoms. The van der Waals surface area contributed by atoms with Crippen LogP contribution in [0.5, 0.6) is 0 Å². The second kappa shape index (κ2) is 11.3. The molecule has 2 aromatic heterocycles. The monoisotopic (exact) mass is 592 g/mol. The Morgan fingerprint density at radius 3 is 1.26 bits per heavy atom. The van der Waals surface area contributed by atoms with Crippen molar-refractivity contribution in [2.45, 2.75) is 25.9 Å². The highest BCUT2D eigenvalue weighted by Crippen LogP contribution is 2.40. The molecular weight excluding hydrogens is 559 g/mol. The van der Waals surface area contributed by atoms with Crippen LogP contribution in [0.1, 0.15) is 45.7 Å². The molecule has 42 heavy (non-hydrogen) atoms. The van der Waals surface area contributed by atoms with Crippen LogP contribution in [0.4, 0.5) is 0 Å². The summed E-state index contributed by atoms with van der Waals surface area (Å²) in [4.78, 5) is 12.6. The summed E-state index contributed by atoms with van der Waals surface area (Å²) in [5, 5.41) is 4.09. The maximum Gasteiger partial charge on any atom is 0.0626 e. The fourth-order valence-corrected chi connectivity index (χ4v) is 7.22. The van der Waals surface area contributed by atoms with Gasteiger partial charge in [0.2, 0.25) is 0 Å². The second-order valence-corrected chi connectivity index (χ2v) is 12.3. The van der Waals surface area contributed by atoms with Gasteiger partial charge >= 0.3 is 0 Å². The number of H-pyrrole nitrogens is 2. The number of aromatic amines is 2. The molecule has 6 aromatic rings. The van der Waals surface area contributed by atoms with Gasteiger partial charge in [-0.05, 0) is 61.4 Å². The van der Waals surface area contributed by atoms with Crippen molar-refractivity contribution in [1.29, 1.82) is 0 Å². The van der Waals surface area contributed by atoms with Crippen molar-refractivity contribution in [3.05, 3.63) is 141 Å². The molecule has 1 aliphatic rings. The van der Waals surface area contributed by atoms with Crippen LogP contribution >= 0.6 is 23.2 Å². The van der Waals surface area contributed by atoms with Gasteiger partial charge in [0.05, 0.1) is 12.1 Å². The fraction of sp³-hybridized carbons (Fsp3) is 0.222. The Hall–Kier alpha value is -3.54. The Morgan fingerprint density at radius 1 is 0.524 bits per heavy atom. The van der Waals surface area contributed by atoms with Crippen molar-refractivity contribution in [3.8, 4) is 0 Å². The van der Waals surface area contributed by atoms with Crippen LogP contribution < -0.4 is 0 Å². The van der Waals surface area contributed by atoms with Crippen molar-refractivity contribution in [1.82, 2.24) is 19.8 Å². The van der Waals surface area contributed by atoms with E-state index < -0.39 is 0 Å². The van der Waals surface area contributed by atoms with Crippen molar-refractivity contribution in [2.75, 3.05) is 26.2 Å². The van der Waals surface area contributed by atoms with Crippen LogP contribution in [0.25, 0.3) is 21.8 Å². The zero-order valence-corrected chi connectivity index (χ0v) is 25.4. The zero-order chi connectivity index (χ0) is 28.8. The third kappa shape index (κ3) is 4.93. The number of fused-ring (bicyclic) bond motifs is 2. The smallest absolute Gasteiger partial charge is 0.0626 e. The Morgan fingerprint density at radius 2 is 0.881 bits per heavy atom. The molecule has 3 heterocycles. The minimum atomic E-state index is 0.129. The lowest BCUT2D eigenvalue weighted by molar-refractivity contribution is 0.0902. The van der Waals surface area contributed by atoms with Crippen LogP contribution in [0.15, 0.2) is 97.1 Å². The van der Waals surface area contributed by atoms with Gasteiger partial charge in [-0.25, -0.2) is 0 Å². The molecule has 0 aliphatic carbocycles. The molecule has 7 rings (SSSR count). The molecule has 212 valence electrons. The predicted molar refractivity (Wildman–Crippen MR) is 176 cm³/mol. The van der Waals surface area contributed by atoms with E-state index in [-0.39, 0.29) is 12.1 Å². The molecule has 4 nitrogen and oxygen atoms in total. The molecule has 0 radical (unpaired) electrons. The van der Waals surface area contributed by atoms with Crippen molar-refractivity contribution in [3.63, 3.8) is 0 Å². The Balaban J connectivity index is 1.26. The summed E-state index contributed by atoms with van der Waals surface area (Å²) < 4.78 is 0. The maximum absolute atomic E-state index is 6.34. The van der Waals surface area contributed by atoms with Crippen LogP contribution in [0, 0.1) is 13.8 Å². The van der Waals surface area contributed by atoms with Crippen molar-refractivity contribution in [2.24, 2.45) is 0 Å². The number of nitrogens with one attached hydrogen (secondary N) is 2. The van der Waals surface area contributed by atoms with Crippen LogP contribution in [-0.2, 0) is 0 Å². The van der Waals surface area contributed by atoms with Crippen LogP contribution in [0.2, 0.25) is 10.0 Å². The molecule has 4 aromatic carbocycles. The SMILES string of the molecule is Cc1[nH]c2ccccc2c1[C@@H](c1ccc(Cl)cc1)N1CCN([C@@H](c2ccc(Cl)cc2)c2c(C)[nH]c3ccccc23)CC1. The predicted octanol–water partition coefficient (Wildman–Crippen LogP) is 9.07. The number of piperazine rings is 1. The summed E-state index contributed by atoms with van der Waals surface area (Å²) in [6, 6.07) is 34.4. The number of aryl methyl sites for hydroxylation is 2. The third-order valence-corrected chi connectivity index (χ3v) is 9.39. The number of hydrogen-bond donors (Lipinski definition) is 2. The van der Waals surface area contributed by atoms with E-state index in [2.05, 4.69) is 106 Å². The molecule has 6 heteroatoms. The molecule has 1 fully saturated rings. The quantitative estimate of drug-likeness (QED) is 0.202. The summed E-state index contributed by atoms with van der Waals surface area (Å²) in [7, 11) is 0. The molecule has 0 unspecified atom stereocenters. The zero-order valence-electron chi connectivity index (χ0n) is 23.9. The Kier molecular flexibility index (Phi) is 7.33.